The van der Waals surface area contributed by atoms with E-state index in [-0.39, 0.29) is 17.7 Å². The fraction of sp³-hybridized carbons (Fsp3) is 0.636. The van der Waals surface area contributed by atoms with E-state index in [4.69, 9.17) is 5.73 Å². The molecule has 4 N–H and O–H groups in total. The molecular formula is C11H18N4O3. The third-order valence-corrected chi connectivity index (χ3v) is 2.64. The SMILES string of the molecule is CC(=O)C1C(=O)NC(CC(C)C)/C1=N/NC(N)=O. The summed E-state index contributed by atoms with van der Waals surface area (Å²) in [7, 11) is 0. The van der Waals surface area contributed by atoms with Gasteiger partial charge in [-0.3, -0.25) is 9.59 Å². The number of nitrogens with zero attached hydrogens (tertiary/aromatic N) is 1. The molecule has 0 radical (unpaired) electrons. The minimum Gasteiger partial charge on any atom is -0.350 e. The molecule has 0 saturated carbocycles. The quantitative estimate of drug-likeness (QED) is 0.475. The summed E-state index contributed by atoms with van der Waals surface area (Å²) in [6, 6.07) is -1.16. The maximum absolute atomic E-state index is 11.7. The minimum absolute atomic E-state index is 0.302. The maximum atomic E-state index is 11.7. The number of ketones is 1. The lowest BCUT2D eigenvalue weighted by atomic mass is 9.94. The monoisotopic (exact) mass is 254 g/mol. The van der Waals surface area contributed by atoms with Crippen molar-refractivity contribution >= 4 is 23.4 Å². The standard InChI is InChI=1S/C11H18N4O3/c1-5(2)4-7-9(14-15-11(12)18)8(6(3)16)10(17)13-7/h5,7-8H,4H2,1-3H3,(H,13,17)(H3,12,15,18)/b14-9-. The highest BCUT2D eigenvalue weighted by Gasteiger charge is 2.42. The van der Waals surface area contributed by atoms with Gasteiger partial charge in [0.15, 0.2) is 0 Å². The largest absolute Gasteiger partial charge is 0.350 e. The lowest BCUT2D eigenvalue weighted by molar-refractivity contribution is -0.128. The van der Waals surface area contributed by atoms with Crippen molar-refractivity contribution in [1.29, 1.82) is 0 Å². The molecule has 0 spiro atoms. The number of rotatable bonds is 4. The third kappa shape index (κ3) is 3.28. The van der Waals surface area contributed by atoms with Gasteiger partial charge in [0, 0.05) is 0 Å². The first kappa shape index (κ1) is 14.1. The highest BCUT2D eigenvalue weighted by Crippen LogP contribution is 2.19. The van der Waals surface area contributed by atoms with Crippen molar-refractivity contribution in [1.82, 2.24) is 10.7 Å². The van der Waals surface area contributed by atoms with E-state index in [0.29, 0.717) is 18.1 Å². The summed E-state index contributed by atoms with van der Waals surface area (Å²) in [5.74, 6) is -1.29. The Morgan fingerprint density at radius 2 is 2.11 bits per heavy atom. The van der Waals surface area contributed by atoms with Crippen LogP contribution in [0.15, 0.2) is 5.10 Å². The number of urea groups is 1. The second-order valence-electron chi connectivity index (χ2n) is 4.75. The lowest BCUT2D eigenvalue weighted by Crippen LogP contribution is -2.34. The van der Waals surface area contributed by atoms with Crippen LogP contribution in [0.5, 0.6) is 0 Å². The molecule has 7 heteroatoms. The number of amides is 3. The first-order valence-corrected chi connectivity index (χ1v) is 5.76. The average molecular weight is 254 g/mol. The van der Waals surface area contributed by atoms with Crippen LogP contribution in [-0.2, 0) is 9.59 Å². The topological polar surface area (TPSA) is 114 Å². The van der Waals surface area contributed by atoms with Crippen molar-refractivity contribution in [3.63, 3.8) is 0 Å². The van der Waals surface area contributed by atoms with E-state index in [0.717, 1.165) is 0 Å². The Balaban J connectivity index is 2.98. The smallest absolute Gasteiger partial charge is 0.332 e. The Morgan fingerprint density at radius 1 is 1.50 bits per heavy atom. The van der Waals surface area contributed by atoms with Crippen LogP contribution in [0, 0.1) is 11.8 Å². The van der Waals surface area contributed by atoms with E-state index >= 15 is 0 Å². The molecule has 0 aromatic heterocycles. The number of nitrogens with one attached hydrogen (secondary N) is 2. The van der Waals surface area contributed by atoms with E-state index < -0.39 is 11.9 Å². The molecule has 100 valence electrons. The minimum atomic E-state index is -0.930. The Labute approximate surface area is 105 Å². The average Bonchev–Trinajstić information content (AvgIpc) is 2.50. The van der Waals surface area contributed by atoms with Crippen LogP contribution in [0.3, 0.4) is 0 Å². The molecule has 18 heavy (non-hydrogen) atoms. The lowest BCUT2D eigenvalue weighted by Gasteiger charge is -2.14. The zero-order valence-corrected chi connectivity index (χ0v) is 10.7. The molecule has 1 saturated heterocycles. The molecule has 7 nitrogen and oxygen atoms in total. The Morgan fingerprint density at radius 3 is 2.56 bits per heavy atom. The van der Waals surface area contributed by atoms with Gasteiger partial charge in [0.2, 0.25) is 5.91 Å². The molecular weight excluding hydrogens is 236 g/mol. The van der Waals surface area contributed by atoms with Crippen molar-refractivity contribution < 1.29 is 14.4 Å². The van der Waals surface area contributed by atoms with Gasteiger partial charge >= 0.3 is 6.03 Å². The molecule has 0 aromatic rings. The van der Waals surface area contributed by atoms with Gasteiger partial charge in [-0.05, 0) is 19.3 Å². The van der Waals surface area contributed by atoms with Gasteiger partial charge in [0.25, 0.3) is 0 Å². The third-order valence-electron chi connectivity index (χ3n) is 2.64. The van der Waals surface area contributed by atoms with E-state index in [1.165, 1.54) is 6.92 Å². The van der Waals surface area contributed by atoms with E-state index in [1.807, 2.05) is 13.8 Å². The zero-order chi connectivity index (χ0) is 13.9. The van der Waals surface area contributed by atoms with Crippen LogP contribution < -0.4 is 16.5 Å². The Hall–Kier alpha value is -1.92. The number of Topliss-reactive ketones (excluding diaryl/α,β-unsaturated/α-hetero) is 1. The van der Waals surface area contributed by atoms with Crippen LogP contribution in [-0.4, -0.2) is 29.5 Å². The molecule has 1 aliphatic rings. The van der Waals surface area contributed by atoms with Crippen molar-refractivity contribution in [2.24, 2.45) is 22.7 Å². The second kappa shape index (κ2) is 5.61. The normalized spacial score (nSPS) is 25.3. The fourth-order valence-electron chi connectivity index (χ4n) is 1.97. The van der Waals surface area contributed by atoms with Crippen LogP contribution in [0.4, 0.5) is 4.79 Å². The summed E-state index contributed by atoms with van der Waals surface area (Å²) in [4.78, 5) is 33.8. The number of hydrazone groups is 1. The van der Waals surface area contributed by atoms with Gasteiger partial charge in [-0.25, -0.2) is 10.2 Å². The molecule has 3 amide bonds. The predicted octanol–water partition coefficient (Wildman–Crippen LogP) is -0.240. The molecule has 0 aliphatic carbocycles. The number of nitrogens with two attached hydrogens (primary N) is 1. The summed E-state index contributed by atoms with van der Waals surface area (Å²) >= 11 is 0. The highest BCUT2D eigenvalue weighted by atomic mass is 16.2. The predicted molar refractivity (Wildman–Crippen MR) is 65.7 cm³/mol. The highest BCUT2D eigenvalue weighted by molar-refractivity contribution is 6.25. The molecule has 2 unspecified atom stereocenters. The fourth-order valence-corrected chi connectivity index (χ4v) is 1.97. The molecule has 1 aliphatic heterocycles. The van der Waals surface area contributed by atoms with Gasteiger partial charge in [0.05, 0.1) is 11.8 Å². The van der Waals surface area contributed by atoms with Crippen molar-refractivity contribution in [3.05, 3.63) is 0 Å². The first-order valence-electron chi connectivity index (χ1n) is 5.76. The molecule has 1 fully saturated rings. The molecule has 2 atom stereocenters. The van der Waals surface area contributed by atoms with Crippen LogP contribution >= 0.6 is 0 Å². The number of carbonyl (C=O) groups excluding carboxylic acids is 3. The van der Waals surface area contributed by atoms with Gasteiger partial charge in [-0.15, -0.1) is 0 Å². The van der Waals surface area contributed by atoms with Gasteiger partial charge in [0.1, 0.15) is 11.7 Å². The molecule has 0 aromatic carbocycles. The Bertz CT molecular complexity index is 403. The number of carbonyl (C=O) groups is 3. The summed E-state index contributed by atoms with van der Waals surface area (Å²) < 4.78 is 0. The first-order chi connectivity index (χ1) is 8.32. The van der Waals surface area contributed by atoms with Gasteiger partial charge in [-0.2, -0.15) is 5.10 Å². The maximum Gasteiger partial charge on any atom is 0.332 e. The van der Waals surface area contributed by atoms with Crippen molar-refractivity contribution in [3.8, 4) is 0 Å². The summed E-state index contributed by atoms with van der Waals surface area (Å²) in [5, 5.41) is 6.51. The van der Waals surface area contributed by atoms with Gasteiger partial charge < -0.3 is 11.1 Å². The summed E-state index contributed by atoms with van der Waals surface area (Å²) in [6.45, 7) is 5.31. The van der Waals surface area contributed by atoms with Crippen LogP contribution in [0.25, 0.3) is 0 Å². The van der Waals surface area contributed by atoms with Crippen molar-refractivity contribution in [2.75, 3.05) is 0 Å². The molecule has 1 heterocycles. The summed E-state index contributed by atoms with van der Waals surface area (Å²) in [5.41, 5.74) is 7.34. The second-order valence-corrected chi connectivity index (χ2v) is 4.75. The Kier molecular flexibility index (Phi) is 4.41. The number of primary amides is 1. The number of hydrogen-bond donors (Lipinski definition) is 3. The van der Waals surface area contributed by atoms with Crippen LogP contribution in [0.2, 0.25) is 0 Å². The van der Waals surface area contributed by atoms with E-state index in [2.05, 4.69) is 15.8 Å². The van der Waals surface area contributed by atoms with Crippen LogP contribution in [0.1, 0.15) is 27.2 Å². The molecule has 1 rings (SSSR count). The zero-order valence-electron chi connectivity index (χ0n) is 10.7. The molecule has 0 bridgehead atoms. The number of hydrogen-bond acceptors (Lipinski definition) is 4. The van der Waals surface area contributed by atoms with E-state index in [1.54, 1.807) is 0 Å². The van der Waals surface area contributed by atoms with E-state index in [9.17, 15) is 14.4 Å². The van der Waals surface area contributed by atoms with Gasteiger partial charge in [-0.1, -0.05) is 13.8 Å². The summed E-state index contributed by atoms with van der Waals surface area (Å²) in [6.07, 6.45) is 0.648. The van der Waals surface area contributed by atoms with Crippen molar-refractivity contribution in [2.45, 2.75) is 33.2 Å².